The first-order chi connectivity index (χ1) is 12.3. The van der Waals surface area contributed by atoms with E-state index < -0.39 is 10.0 Å². The van der Waals surface area contributed by atoms with Gasteiger partial charge in [0, 0.05) is 11.6 Å². The predicted octanol–water partition coefficient (Wildman–Crippen LogP) is 3.93. The maximum absolute atomic E-state index is 12.8. The van der Waals surface area contributed by atoms with Crippen molar-refractivity contribution in [3.05, 3.63) is 76.1 Å². The molecule has 2 aromatic carbocycles. The van der Waals surface area contributed by atoms with Crippen LogP contribution in [0.5, 0.6) is 0 Å². The summed E-state index contributed by atoms with van der Waals surface area (Å²) in [4.78, 5) is 0.208. The van der Waals surface area contributed by atoms with E-state index in [1.54, 1.807) is 42.8 Å². The fourth-order valence-corrected chi connectivity index (χ4v) is 4.46. The first-order valence-electron chi connectivity index (χ1n) is 8.15. The largest absolute Gasteiger partial charge is 0.244 e. The van der Waals surface area contributed by atoms with Gasteiger partial charge in [-0.3, -0.25) is 0 Å². The minimum atomic E-state index is -3.69. The quantitative estimate of drug-likeness (QED) is 0.719. The van der Waals surface area contributed by atoms with Crippen molar-refractivity contribution < 1.29 is 8.42 Å². The average molecular weight is 390 g/mol. The van der Waals surface area contributed by atoms with Crippen LogP contribution in [0.3, 0.4) is 0 Å². The van der Waals surface area contributed by atoms with Gasteiger partial charge in [-0.2, -0.15) is 5.10 Å². The molecule has 0 radical (unpaired) electrons. The maximum atomic E-state index is 12.8. The highest BCUT2D eigenvalue weighted by molar-refractivity contribution is 7.89. The van der Waals surface area contributed by atoms with E-state index in [1.165, 1.54) is 0 Å². The van der Waals surface area contributed by atoms with Gasteiger partial charge in [-0.15, -0.1) is 0 Å². The molecular formula is C19H20ClN3O2S. The van der Waals surface area contributed by atoms with Crippen molar-refractivity contribution >= 4 is 21.6 Å². The molecule has 0 unspecified atom stereocenters. The minimum absolute atomic E-state index is 0.208. The first kappa shape index (κ1) is 18.6. The zero-order chi connectivity index (χ0) is 18.9. The lowest BCUT2D eigenvalue weighted by Crippen LogP contribution is -2.24. The van der Waals surface area contributed by atoms with Gasteiger partial charge in [0.15, 0.2) is 0 Å². The third-order valence-electron chi connectivity index (χ3n) is 4.11. The summed E-state index contributed by atoms with van der Waals surface area (Å²) in [7, 11) is -3.69. The van der Waals surface area contributed by atoms with Crippen molar-refractivity contribution in [3.8, 4) is 5.69 Å². The molecule has 0 fully saturated rings. The number of nitrogens with zero attached hydrogens (tertiary/aromatic N) is 2. The molecule has 3 aromatic rings. The lowest BCUT2D eigenvalue weighted by Gasteiger charge is -2.09. The molecule has 1 N–H and O–H groups in total. The Hall–Kier alpha value is -2.15. The molecule has 5 nitrogen and oxygen atoms in total. The van der Waals surface area contributed by atoms with Crippen molar-refractivity contribution in [1.29, 1.82) is 0 Å². The van der Waals surface area contributed by atoms with E-state index in [-0.39, 0.29) is 11.4 Å². The van der Waals surface area contributed by atoms with Crippen molar-refractivity contribution in [2.45, 2.75) is 32.2 Å². The van der Waals surface area contributed by atoms with E-state index in [1.807, 2.05) is 31.2 Å². The van der Waals surface area contributed by atoms with Crippen LogP contribution in [-0.2, 0) is 16.6 Å². The Balaban J connectivity index is 1.91. The summed E-state index contributed by atoms with van der Waals surface area (Å²) in [6, 6.07) is 14.8. The molecule has 7 heteroatoms. The van der Waals surface area contributed by atoms with Crippen LogP contribution in [0, 0.1) is 20.8 Å². The van der Waals surface area contributed by atoms with Gasteiger partial charge in [-0.05, 0) is 50.6 Å². The monoisotopic (exact) mass is 389 g/mol. The van der Waals surface area contributed by atoms with Gasteiger partial charge < -0.3 is 0 Å². The van der Waals surface area contributed by atoms with E-state index in [4.69, 9.17) is 11.6 Å². The summed E-state index contributed by atoms with van der Waals surface area (Å²) in [6.45, 7) is 5.65. The smallest absolute Gasteiger partial charge is 0.236 e. The number of halogens is 1. The topological polar surface area (TPSA) is 64.0 Å². The number of aromatic nitrogens is 2. The summed E-state index contributed by atoms with van der Waals surface area (Å²) in [5.74, 6) is 0. The number of benzene rings is 2. The highest BCUT2D eigenvalue weighted by atomic mass is 35.5. The number of sulfonamides is 1. The van der Waals surface area contributed by atoms with Crippen molar-refractivity contribution in [2.24, 2.45) is 0 Å². The van der Waals surface area contributed by atoms with Crippen molar-refractivity contribution in [2.75, 3.05) is 0 Å². The zero-order valence-corrected chi connectivity index (χ0v) is 16.4. The Morgan fingerprint density at radius 1 is 1.08 bits per heavy atom. The number of nitrogens with one attached hydrogen (secondary N) is 1. The Kier molecular flexibility index (Phi) is 5.18. The summed E-state index contributed by atoms with van der Waals surface area (Å²) in [5.41, 5.74) is 3.77. The lowest BCUT2D eigenvalue weighted by molar-refractivity contribution is 0.580. The fourth-order valence-electron chi connectivity index (χ4n) is 2.92. The molecule has 0 spiro atoms. The molecule has 26 heavy (non-hydrogen) atoms. The van der Waals surface area contributed by atoms with Crippen molar-refractivity contribution in [3.63, 3.8) is 0 Å². The van der Waals surface area contributed by atoms with Crippen LogP contribution in [0.25, 0.3) is 5.69 Å². The molecule has 0 bridgehead atoms. The third-order valence-corrected chi connectivity index (χ3v) is 6.02. The summed E-state index contributed by atoms with van der Waals surface area (Å²) >= 11 is 5.92. The molecule has 0 aliphatic heterocycles. The number of rotatable bonds is 5. The predicted molar refractivity (Wildman–Crippen MR) is 103 cm³/mol. The van der Waals surface area contributed by atoms with Crippen LogP contribution in [0.4, 0.5) is 0 Å². The van der Waals surface area contributed by atoms with E-state index >= 15 is 0 Å². The average Bonchev–Trinajstić information content (AvgIpc) is 2.89. The van der Waals surface area contributed by atoms with Gasteiger partial charge in [0.1, 0.15) is 4.90 Å². The van der Waals surface area contributed by atoms with Crippen molar-refractivity contribution in [1.82, 2.24) is 14.5 Å². The molecule has 0 saturated heterocycles. The molecule has 0 atom stereocenters. The second-order valence-electron chi connectivity index (χ2n) is 6.20. The molecular weight excluding hydrogens is 370 g/mol. The molecule has 1 heterocycles. The standard InChI is InChI=1S/C19H20ClN3O2S/c1-13-5-4-6-16(11-13)12-21-26(24,25)19-14(2)22-23(15(19)3)18-9-7-17(20)8-10-18/h4-11,21H,12H2,1-3H3. The Morgan fingerprint density at radius 2 is 1.77 bits per heavy atom. The summed E-state index contributed by atoms with van der Waals surface area (Å²) in [6.07, 6.45) is 0. The van der Waals surface area contributed by atoms with E-state index in [9.17, 15) is 8.42 Å². The van der Waals surface area contributed by atoms with Gasteiger partial charge in [-0.1, -0.05) is 41.4 Å². The van der Waals surface area contributed by atoms with Crippen LogP contribution in [0.1, 0.15) is 22.5 Å². The molecule has 0 saturated carbocycles. The molecule has 1 aromatic heterocycles. The third kappa shape index (κ3) is 3.82. The van der Waals surface area contributed by atoms with Gasteiger partial charge in [0.05, 0.1) is 17.1 Å². The SMILES string of the molecule is Cc1cccc(CNS(=O)(=O)c2c(C)nn(-c3ccc(Cl)cc3)c2C)c1. The van der Waals surface area contributed by atoms with Crippen LogP contribution < -0.4 is 4.72 Å². The van der Waals surface area contributed by atoms with E-state index in [0.717, 1.165) is 16.8 Å². The fraction of sp³-hybridized carbons (Fsp3) is 0.211. The van der Waals surface area contributed by atoms with Gasteiger partial charge >= 0.3 is 0 Å². The van der Waals surface area contributed by atoms with Gasteiger partial charge in [0.25, 0.3) is 0 Å². The summed E-state index contributed by atoms with van der Waals surface area (Å²) in [5, 5.41) is 5.01. The van der Waals surface area contributed by atoms with Crippen LogP contribution >= 0.6 is 11.6 Å². The maximum Gasteiger partial charge on any atom is 0.244 e. The first-order valence-corrected chi connectivity index (χ1v) is 10.0. The Bertz CT molecular complexity index is 1040. The highest BCUT2D eigenvalue weighted by Gasteiger charge is 2.24. The summed E-state index contributed by atoms with van der Waals surface area (Å²) < 4.78 is 30.0. The van der Waals surface area contributed by atoms with Crippen LogP contribution in [0.2, 0.25) is 5.02 Å². The number of aryl methyl sites for hydroxylation is 2. The van der Waals surface area contributed by atoms with Crippen LogP contribution in [-0.4, -0.2) is 18.2 Å². The van der Waals surface area contributed by atoms with Gasteiger partial charge in [0.2, 0.25) is 10.0 Å². The minimum Gasteiger partial charge on any atom is -0.236 e. The van der Waals surface area contributed by atoms with E-state index in [0.29, 0.717) is 16.4 Å². The normalized spacial score (nSPS) is 11.7. The second-order valence-corrected chi connectivity index (χ2v) is 8.34. The van der Waals surface area contributed by atoms with E-state index in [2.05, 4.69) is 9.82 Å². The lowest BCUT2D eigenvalue weighted by atomic mass is 10.1. The molecule has 0 aliphatic carbocycles. The Morgan fingerprint density at radius 3 is 2.42 bits per heavy atom. The number of hydrogen-bond donors (Lipinski definition) is 1. The Labute approximate surface area is 158 Å². The molecule has 0 aliphatic rings. The van der Waals surface area contributed by atoms with Crippen LogP contribution in [0.15, 0.2) is 53.4 Å². The highest BCUT2D eigenvalue weighted by Crippen LogP contribution is 2.23. The molecule has 0 amide bonds. The zero-order valence-electron chi connectivity index (χ0n) is 14.8. The second kappa shape index (κ2) is 7.23. The molecule has 3 rings (SSSR count). The van der Waals surface area contributed by atoms with Gasteiger partial charge in [-0.25, -0.2) is 17.8 Å². The number of hydrogen-bond acceptors (Lipinski definition) is 3. The molecule has 136 valence electrons.